The zero-order valence-electron chi connectivity index (χ0n) is 8.08. The maximum atomic E-state index is 13.2. The van der Waals surface area contributed by atoms with Crippen molar-refractivity contribution in [2.45, 2.75) is 19.4 Å². The summed E-state index contributed by atoms with van der Waals surface area (Å²) in [5.41, 5.74) is 3.87. The second kappa shape index (κ2) is 4.93. The van der Waals surface area contributed by atoms with E-state index in [1.807, 2.05) is 0 Å². The predicted molar refractivity (Wildman–Crippen MR) is 48.4 cm³/mol. The molecule has 0 radical (unpaired) electrons. The maximum absolute atomic E-state index is 13.2. The number of carboxylic acids is 1. The van der Waals surface area contributed by atoms with Crippen molar-refractivity contribution in [1.29, 1.82) is 0 Å². The molecule has 0 amide bonds. The second-order valence-corrected chi connectivity index (χ2v) is 3.05. The first-order chi connectivity index (χ1) is 7.45. The van der Waals surface area contributed by atoms with Gasteiger partial charge < -0.3 is 10.8 Å². The van der Waals surface area contributed by atoms with Crippen LogP contribution < -0.4 is 5.73 Å². The van der Waals surface area contributed by atoms with E-state index in [4.69, 9.17) is 10.8 Å². The highest BCUT2D eigenvalue weighted by Gasteiger charge is 2.19. The number of nitrogens with zero attached hydrogens (tertiary/aromatic N) is 1. The highest BCUT2D eigenvalue weighted by Crippen LogP contribution is 2.25. The van der Waals surface area contributed by atoms with Crippen LogP contribution in [0.25, 0.3) is 0 Å². The largest absolute Gasteiger partial charge is 0.481 e. The molecule has 1 aromatic heterocycles. The standard InChI is InChI=1S/C9H9F3N2O2/c10-8(11)5-1-4(2-7(15)16)14-9(12)6(5)3-13/h1,8H,2-3,13H2,(H,15,16). The molecule has 0 unspecified atom stereocenters. The van der Waals surface area contributed by atoms with E-state index in [1.165, 1.54) is 0 Å². The number of nitrogens with two attached hydrogens (primary N) is 1. The van der Waals surface area contributed by atoms with Crippen LogP contribution >= 0.6 is 0 Å². The molecular weight excluding hydrogens is 225 g/mol. The van der Waals surface area contributed by atoms with Gasteiger partial charge in [0, 0.05) is 17.7 Å². The van der Waals surface area contributed by atoms with E-state index in [-0.39, 0.29) is 11.3 Å². The summed E-state index contributed by atoms with van der Waals surface area (Å²) in [5.74, 6) is -2.41. The van der Waals surface area contributed by atoms with E-state index >= 15 is 0 Å². The van der Waals surface area contributed by atoms with Crippen molar-refractivity contribution in [3.63, 3.8) is 0 Å². The summed E-state index contributed by atoms with van der Waals surface area (Å²) >= 11 is 0. The molecule has 7 heteroatoms. The van der Waals surface area contributed by atoms with Gasteiger partial charge in [-0.25, -0.2) is 13.8 Å². The fourth-order valence-electron chi connectivity index (χ4n) is 1.25. The van der Waals surface area contributed by atoms with Crippen molar-refractivity contribution in [1.82, 2.24) is 4.98 Å². The van der Waals surface area contributed by atoms with E-state index < -0.39 is 36.9 Å². The van der Waals surface area contributed by atoms with Crippen LogP contribution in [-0.2, 0) is 17.8 Å². The van der Waals surface area contributed by atoms with Crippen LogP contribution in [0.2, 0.25) is 0 Å². The van der Waals surface area contributed by atoms with Crippen molar-refractivity contribution < 1.29 is 23.1 Å². The Kier molecular flexibility index (Phi) is 3.83. The molecule has 0 aliphatic rings. The molecule has 16 heavy (non-hydrogen) atoms. The minimum Gasteiger partial charge on any atom is -0.481 e. The van der Waals surface area contributed by atoms with Gasteiger partial charge >= 0.3 is 5.97 Å². The summed E-state index contributed by atoms with van der Waals surface area (Å²) in [6.45, 7) is -0.411. The number of halogens is 3. The van der Waals surface area contributed by atoms with Crippen LogP contribution in [-0.4, -0.2) is 16.1 Å². The molecule has 4 nitrogen and oxygen atoms in total. The molecule has 0 aliphatic heterocycles. The quantitative estimate of drug-likeness (QED) is 0.768. The molecule has 1 heterocycles. The molecule has 0 aliphatic carbocycles. The van der Waals surface area contributed by atoms with Crippen LogP contribution in [0.3, 0.4) is 0 Å². The molecule has 1 aromatic rings. The van der Waals surface area contributed by atoms with Crippen molar-refractivity contribution in [2.75, 3.05) is 0 Å². The molecule has 0 spiro atoms. The van der Waals surface area contributed by atoms with Gasteiger partial charge in [0.1, 0.15) is 0 Å². The first-order valence-electron chi connectivity index (χ1n) is 4.34. The van der Waals surface area contributed by atoms with Gasteiger partial charge in [-0.1, -0.05) is 0 Å². The highest BCUT2D eigenvalue weighted by molar-refractivity contribution is 5.69. The number of hydrogen-bond donors (Lipinski definition) is 2. The van der Waals surface area contributed by atoms with Crippen molar-refractivity contribution in [3.05, 3.63) is 28.8 Å². The van der Waals surface area contributed by atoms with Gasteiger partial charge in [0.25, 0.3) is 6.43 Å². The number of carbonyl (C=O) groups is 1. The Morgan fingerprint density at radius 1 is 1.56 bits per heavy atom. The molecule has 0 atom stereocenters. The van der Waals surface area contributed by atoms with Crippen LogP contribution in [0.1, 0.15) is 23.2 Å². The Morgan fingerprint density at radius 2 is 2.19 bits per heavy atom. The number of hydrogen-bond acceptors (Lipinski definition) is 3. The number of rotatable bonds is 4. The fourth-order valence-corrected chi connectivity index (χ4v) is 1.25. The summed E-state index contributed by atoms with van der Waals surface area (Å²) in [7, 11) is 0. The first kappa shape index (κ1) is 12.4. The third-order valence-electron chi connectivity index (χ3n) is 1.93. The molecule has 0 saturated heterocycles. The normalized spacial score (nSPS) is 10.8. The SMILES string of the molecule is NCc1c(C(F)F)cc(CC(=O)O)nc1F. The molecule has 0 bridgehead atoms. The van der Waals surface area contributed by atoms with E-state index in [1.54, 1.807) is 0 Å². The fraction of sp³-hybridized carbons (Fsp3) is 0.333. The molecule has 0 aromatic carbocycles. The van der Waals surface area contributed by atoms with Crippen molar-refractivity contribution in [3.8, 4) is 0 Å². The number of carboxylic acid groups (broad SMARTS) is 1. The summed E-state index contributed by atoms with van der Waals surface area (Å²) in [6.07, 6.45) is -3.52. The van der Waals surface area contributed by atoms with Crippen molar-refractivity contribution >= 4 is 5.97 Å². The molecular formula is C9H9F3N2O2. The summed E-state index contributed by atoms with van der Waals surface area (Å²) in [4.78, 5) is 13.6. The van der Waals surface area contributed by atoms with E-state index in [0.29, 0.717) is 0 Å². The van der Waals surface area contributed by atoms with Gasteiger partial charge in [0.05, 0.1) is 12.1 Å². The van der Waals surface area contributed by atoms with Crippen LogP contribution in [0.4, 0.5) is 13.2 Å². The Bertz CT molecular complexity index is 410. The third-order valence-corrected chi connectivity index (χ3v) is 1.93. The summed E-state index contributed by atoms with van der Waals surface area (Å²) in [5, 5.41) is 8.44. The molecule has 0 fully saturated rings. The van der Waals surface area contributed by atoms with Crippen LogP contribution in [0.5, 0.6) is 0 Å². The van der Waals surface area contributed by atoms with Crippen LogP contribution in [0.15, 0.2) is 6.07 Å². The van der Waals surface area contributed by atoms with E-state index in [2.05, 4.69) is 4.98 Å². The van der Waals surface area contributed by atoms with E-state index in [0.717, 1.165) is 6.07 Å². The molecule has 1 rings (SSSR count). The Balaban J connectivity index is 3.22. The minimum atomic E-state index is -2.91. The summed E-state index contributed by atoms with van der Waals surface area (Å²) in [6, 6.07) is 0.865. The molecule has 3 N–H and O–H groups in total. The smallest absolute Gasteiger partial charge is 0.309 e. The number of alkyl halides is 2. The first-order valence-corrected chi connectivity index (χ1v) is 4.34. The lowest BCUT2D eigenvalue weighted by Gasteiger charge is -2.09. The Hall–Kier alpha value is -1.63. The average molecular weight is 234 g/mol. The Labute approximate surface area is 88.9 Å². The summed E-state index contributed by atoms with van der Waals surface area (Å²) < 4.78 is 38.2. The second-order valence-electron chi connectivity index (χ2n) is 3.05. The zero-order chi connectivity index (χ0) is 12.3. The monoisotopic (exact) mass is 234 g/mol. The number of pyridine rings is 1. The topological polar surface area (TPSA) is 76.2 Å². The van der Waals surface area contributed by atoms with Gasteiger partial charge in [-0.2, -0.15) is 4.39 Å². The number of aromatic nitrogens is 1. The van der Waals surface area contributed by atoms with Gasteiger partial charge in [0.15, 0.2) is 0 Å². The molecule has 88 valence electrons. The number of aliphatic carboxylic acids is 1. The third kappa shape index (κ3) is 2.69. The van der Waals surface area contributed by atoms with Gasteiger partial charge in [-0.3, -0.25) is 4.79 Å². The van der Waals surface area contributed by atoms with Gasteiger partial charge in [0.2, 0.25) is 5.95 Å². The van der Waals surface area contributed by atoms with E-state index in [9.17, 15) is 18.0 Å². The van der Waals surface area contributed by atoms with Gasteiger partial charge in [-0.05, 0) is 6.07 Å². The zero-order valence-corrected chi connectivity index (χ0v) is 8.08. The van der Waals surface area contributed by atoms with Crippen LogP contribution in [0, 0.1) is 5.95 Å². The minimum absolute atomic E-state index is 0.252. The maximum Gasteiger partial charge on any atom is 0.309 e. The molecule has 0 saturated carbocycles. The van der Waals surface area contributed by atoms with Crippen molar-refractivity contribution in [2.24, 2.45) is 5.73 Å². The lowest BCUT2D eigenvalue weighted by molar-refractivity contribution is -0.136. The highest BCUT2D eigenvalue weighted by atomic mass is 19.3. The predicted octanol–water partition coefficient (Wildman–Crippen LogP) is 1.24. The Morgan fingerprint density at radius 3 is 2.62 bits per heavy atom. The average Bonchev–Trinajstić information content (AvgIpc) is 2.15. The van der Waals surface area contributed by atoms with Gasteiger partial charge in [-0.15, -0.1) is 0 Å². The lowest BCUT2D eigenvalue weighted by Crippen LogP contribution is -2.11. The lowest BCUT2D eigenvalue weighted by atomic mass is 10.1.